The van der Waals surface area contributed by atoms with Crippen molar-refractivity contribution >= 4 is 57.0 Å². The van der Waals surface area contributed by atoms with E-state index in [1.54, 1.807) is 35.9 Å². The van der Waals surface area contributed by atoms with Crippen molar-refractivity contribution in [2.45, 2.75) is 9.79 Å². The van der Waals surface area contributed by atoms with E-state index in [2.05, 4.69) is 56.7 Å². The van der Waals surface area contributed by atoms with Crippen LogP contribution in [0.3, 0.4) is 0 Å². The third kappa shape index (κ3) is 5.56. The van der Waals surface area contributed by atoms with Crippen molar-refractivity contribution in [2.24, 2.45) is 0 Å². The summed E-state index contributed by atoms with van der Waals surface area (Å²) in [6.07, 6.45) is 7.68. The Kier molecular flexibility index (Phi) is 7.72. The Labute approximate surface area is 230 Å². The summed E-state index contributed by atoms with van der Waals surface area (Å²) in [5.74, 6) is 1.04. The first kappa shape index (κ1) is 25.5. The average Bonchev–Trinajstić information content (AvgIpc) is 2.96. The van der Waals surface area contributed by atoms with Gasteiger partial charge in [0.05, 0.1) is 22.4 Å². The zero-order valence-electron chi connectivity index (χ0n) is 21.0. The topological polar surface area (TPSA) is 104 Å². The van der Waals surface area contributed by atoms with Crippen LogP contribution in [0.15, 0.2) is 107 Å². The zero-order valence-corrected chi connectivity index (χ0v) is 22.6. The molecule has 0 aliphatic heterocycles. The third-order valence-corrected chi connectivity index (χ3v) is 7.35. The molecule has 6 aromatic rings. The van der Waals surface area contributed by atoms with Crippen molar-refractivity contribution in [3.05, 3.63) is 97.3 Å². The fourth-order valence-corrected chi connectivity index (χ4v) is 5.07. The van der Waals surface area contributed by atoms with Crippen LogP contribution < -0.4 is 11.5 Å². The number of anilines is 2. The summed E-state index contributed by atoms with van der Waals surface area (Å²) < 4.78 is 0. The molecule has 0 amide bonds. The lowest BCUT2D eigenvalue weighted by molar-refractivity contribution is 1.30. The number of hydrogen-bond acceptors (Lipinski definition) is 8. The molecule has 0 atom stereocenters. The molecule has 0 aliphatic rings. The first-order chi connectivity index (χ1) is 18.6. The van der Waals surface area contributed by atoms with Crippen molar-refractivity contribution in [3.8, 4) is 22.5 Å². The van der Waals surface area contributed by atoms with Gasteiger partial charge in [-0.25, -0.2) is 9.97 Å². The van der Waals surface area contributed by atoms with Crippen LogP contribution >= 0.6 is 23.5 Å². The van der Waals surface area contributed by atoms with Crippen LogP contribution in [0.25, 0.3) is 44.3 Å². The van der Waals surface area contributed by atoms with Gasteiger partial charge in [-0.3, -0.25) is 9.97 Å². The highest BCUT2D eigenvalue weighted by atomic mass is 32.2. The first-order valence-corrected chi connectivity index (χ1v) is 14.3. The number of aromatic nitrogens is 4. The Bertz CT molecular complexity index is 1610. The van der Waals surface area contributed by atoms with Crippen LogP contribution in [0.5, 0.6) is 0 Å². The van der Waals surface area contributed by atoms with E-state index < -0.39 is 0 Å². The minimum Gasteiger partial charge on any atom is -0.384 e. The Morgan fingerprint density at radius 3 is 1.42 bits per heavy atom. The average molecular weight is 535 g/mol. The van der Waals surface area contributed by atoms with Crippen LogP contribution in [-0.4, -0.2) is 32.4 Å². The van der Waals surface area contributed by atoms with Crippen molar-refractivity contribution < 1.29 is 0 Å². The van der Waals surface area contributed by atoms with Crippen LogP contribution in [-0.2, 0) is 0 Å². The summed E-state index contributed by atoms with van der Waals surface area (Å²) in [6, 6.07) is 28.0. The predicted molar refractivity (Wildman–Crippen MR) is 162 cm³/mol. The van der Waals surface area contributed by atoms with Crippen LogP contribution in [0, 0.1) is 0 Å². The standard InChI is InChI=1S/2C15H13N3S/c2*1-19-12-6-2-4-10(8-12)15-14-11(5-3-7-17-14)9-13(16)18-15/h2*2-9H,1H3,(H2,16,18). The van der Waals surface area contributed by atoms with Crippen molar-refractivity contribution in [1.82, 2.24) is 19.9 Å². The summed E-state index contributed by atoms with van der Waals surface area (Å²) in [5.41, 5.74) is 17.3. The Hall–Kier alpha value is -4.14. The van der Waals surface area contributed by atoms with Gasteiger partial charge in [-0.15, -0.1) is 23.5 Å². The van der Waals surface area contributed by atoms with Gasteiger partial charge in [-0.05, 0) is 61.0 Å². The fourth-order valence-electron chi connectivity index (χ4n) is 4.15. The van der Waals surface area contributed by atoms with E-state index >= 15 is 0 Å². The van der Waals surface area contributed by atoms with E-state index in [9.17, 15) is 0 Å². The molecule has 0 fully saturated rings. The van der Waals surface area contributed by atoms with Gasteiger partial charge < -0.3 is 11.5 Å². The number of nitrogen functional groups attached to an aromatic ring is 2. The molecule has 4 heterocycles. The highest BCUT2D eigenvalue weighted by molar-refractivity contribution is 7.98. The van der Waals surface area contributed by atoms with Gasteiger partial charge in [0.25, 0.3) is 0 Å². The Balaban J connectivity index is 0.000000155. The minimum atomic E-state index is 0.519. The normalized spacial score (nSPS) is 10.8. The lowest BCUT2D eigenvalue weighted by Crippen LogP contribution is -1.95. The lowest BCUT2D eigenvalue weighted by Gasteiger charge is -2.07. The number of nitrogens with zero attached hydrogens (tertiary/aromatic N) is 4. The van der Waals surface area contributed by atoms with Gasteiger partial charge in [0.1, 0.15) is 11.6 Å². The van der Waals surface area contributed by atoms with E-state index in [1.807, 2.05) is 60.7 Å². The number of fused-ring (bicyclic) bond motifs is 2. The van der Waals surface area contributed by atoms with Gasteiger partial charge in [0, 0.05) is 44.1 Å². The number of thioether (sulfide) groups is 2. The van der Waals surface area contributed by atoms with E-state index in [0.717, 1.165) is 44.3 Å². The molecule has 0 aliphatic carbocycles. The molecule has 0 radical (unpaired) electrons. The molecule has 6 nitrogen and oxygen atoms in total. The molecule has 4 N–H and O–H groups in total. The maximum absolute atomic E-state index is 5.89. The molecule has 0 bridgehead atoms. The largest absolute Gasteiger partial charge is 0.384 e. The Morgan fingerprint density at radius 2 is 1.00 bits per heavy atom. The van der Waals surface area contributed by atoms with Crippen LogP contribution in [0.2, 0.25) is 0 Å². The second kappa shape index (κ2) is 11.5. The number of pyridine rings is 4. The summed E-state index contributed by atoms with van der Waals surface area (Å²) in [5, 5.41) is 2.03. The maximum atomic E-state index is 5.89. The molecule has 8 heteroatoms. The number of hydrogen-bond donors (Lipinski definition) is 2. The van der Waals surface area contributed by atoms with Crippen LogP contribution in [0.4, 0.5) is 11.6 Å². The highest BCUT2D eigenvalue weighted by Gasteiger charge is 2.10. The van der Waals surface area contributed by atoms with E-state index in [4.69, 9.17) is 11.5 Å². The molecule has 0 unspecified atom stereocenters. The first-order valence-electron chi connectivity index (χ1n) is 11.9. The van der Waals surface area contributed by atoms with Gasteiger partial charge in [-0.2, -0.15) is 0 Å². The van der Waals surface area contributed by atoms with Crippen LogP contribution in [0.1, 0.15) is 0 Å². The molecular formula is C30H26N6S2. The summed E-state index contributed by atoms with van der Waals surface area (Å²) in [6.45, 7) is 0. The van der Waals surface area contributed by atoms with Crippen molar-refractivity contribution in [3.63, 3.8) is 0 Å². The Morgan fingerprint density at radius 1 is 0.553 bits per heavy atom. The zero-order chi connectivity index (χ0) is 26.5. The molecule has 0 saturated heterocycles. The number of benzene rings is 2. The molecule has 0 spiro atoms. The van der Waals surface area contributed by atoms with Gasteiger partial charge >= 0.3 is 0 Å². The third-order valence-electron chi connectivity index (χ3n) is 5.90. The predicted octanol–water partition coefficient (Wildman–Crippen LogP) is 7.20. The molecule has 0 saturated carbocycles. The van der Waals surface area contributed by atoms with Gasteiger partial charge in [-0.1, -0.05) is 36.4 Å². The van der Waals surface area contributed by atoms with Gasteiger partial charge in [0.2, 0.25) is 0 Å². The molecule has 38 heavy (non-hydrogen) atoms. The molecular weight excluding hydrogens is 509 g/mol. The lowest BCUT2D eigenvalue weighted by atomic mass is 10.1. The highest BCUT2D eigenvalue weighted by Crippen LogP contribution is 2.30. The minimum absolute atomic E-state index is 0.519. The molecule has 6 rings (SSSR count). The quantitative estimate of drug-likeness (QED) is 0.229. The summed E-state index contributed by atoms with van der Waals surface area (Å²) in [7, 11) is 0. The molecule has 188 valence electrons. The van der Waals surface area contributed by atoms with Gasteiger partial charge in [0.15, 0.2) is 0 Å². The number of nitrogens with two attached hydrogens (primary N) is 2. The van der Waals surface area contributed by atoms with Crippen molar-refractivity contribution in [1.29, 1.82) is 0 Å². The molecule has 4 aromatic heterocycles. The molecule has 2 aromatic carbocycles. The fraction of sp³-hybridized carbons (Fsp3) is 0.0667. The van der Waals surface area contributed by atoms with Crippen molar-refractivity contribution in [2.75, 3.05) is 24.0 Å². The number of rotatable bonds is 4. The monoisotopic (exact) mass is 534 g/mol. The smallest absolute Gasteiger partial charge is 0.124 e. The summed E-state index contributed by atoms with van der Waals surface area (Å²) >= 11 is 3.42. The van der Waals surface area contributed by atoms with E-state index in [1.165, 1.54) is 9.79 Å². The van der Waals surface area contributed by atoms with E-state index in [-0.39, 0.29) is 0 Å². The summed E-state index contributed by atoms with van der Waals surface area (Å²) in [4.78, 5) is 20.2. The second-order valence-corrected chi connectivity index (χ2v) is 10.2. The maximum Gasteiger partial charge on any atom is 0.124 e. The van der Waals surface area contributed by atoms with E-state index in [0.29, 0.717) is 11.6 Å². The second-order valence-electron chi connectivity index (χ2n) is 8.41. The SMILES string of the molecule is CSc1cccc(-c2nc(N)cc3cccnc23)c1.CSc1cccc(-c2nc(N)cc3cccnc23)c1.